The number of hydrogen-bond acceptors (Lipinski definition) is 7. The van der Waals surface area contributed by atoms with Crippen LogP contribution in [0.15, 0.2) is 79.0 Å². The third-order valence-electron chi connectivity index (χ3n) is 6.65. The fourth-order valence-corrected chi connectivity index (χ4v) is 5.87. The fourth-order valence-electron chi connectivity index (χ4n) is 4.70. The van der Waals surface area contributed by atoms with Crippen LogP contribution < -0.4 is 5.32 Å². The van der Waals surface area contributed by atoms with Gasteiger partial charge in [0.1, 0.15) is 5.52 Å². The largest absolute Gasteiger partial charge is 0.323 e. The molecule has 0 radical (unpaired) electrons. The summed E-state index contributed by atoms with van der Waals surface area (Å²) in [6.45, 7) is 0.151. The number of carbonyl (C=O) groups excluding carboxylic acids is 3. The molecule has 1 aliphatic rings. The van der Waals surface area contributed by atoms with Gasteiger partial charge in [0.2, 0.25) is 0 Å². The van der Waals surface area contributed by atoms with Gasteiger partial charge in [-0.25, -0.2) is 9.97 Å². The zero-order valence-electron chi connectivity index (χ0n) is 20.5. The van der Waals surface area contributed by atoms with E-state index in [0.717, 1.165) is 11.3 Å². The number of hydrogen-bond donors (Lipinski definition) is 1. The number of ketones is 1. The van der Waals surface area contributed by atoms with Crippen molar-refractivity contribution in [3.05, 3.63) is 111 Å². The summed E-state index contributed by atoms with van der Waals surface area (Å²) in [6.07, 6.45) is 8.69. The summed E-state index contributed by atoms with van der Waals surface area (Å²) >= 11 is 7.89. The lowest BCUT2D eigenvalue weighted by molar-refractivity contribution is -0.122. The first-order valence-corrected chi connectivity index (χ1v) is 13.4. The second kappa shape index (κ2) is 10.4. The molecule has 0 aliphatic carbocycles. The molecule has 0 bridgehead atoms. The van der Waals surface area contributed by atoms with Crippen molar-refractivity contribution in [3.8, 4) is 0 Å². The number of imidazole rings is 1. The highest BCUT2D eigenvalue weighted by atomic mass is 35.5. The molecule has 9 nitrogen and oxygen atoms in total. The maximum atomic E-state index is 13.6. The molecule has 5 heterocycles. The molecule has 0 fully saturated rings. The van der Waals surface area contributed by atoms with Gasteiger partial charge in [-0.2, -0.15) is 0 Å². The van der Waals surface area contributed by atoms with Gasteiger partial charge in [-0.1, -0.05) is 23.7 Å². The Balaban J connectivity index is 1.27. The molecule has 39 heavy (non-hydrogen) atoms. The third-order valence-corrected chi connectivity index (χ3v) is 7.90. The zero-order valence-corrected chi connectivity index (χ0v) is 22.0. The third kappa shape index (κ3) is 4.91. The number of benzene rings is 1. The molecule has 2 amide bonds. The number of nitrogens with zero attached hydrogens (tertiary/aromatic N) is 5. The van der Waals surface area contributed by atoms with E-state index in [-0.39, 0.29) is 35.2 Å². The minimum absolute atomic E-state index is 0.0465. The van der Waals surface area contributed by atoms with Crippen molar-refractivity contribution in [2.75, 3.05) is 5.32 Å². The predicted molar refractivity (Wildman–Crippen MR) is 147 cm³/mol. The van der Waals surface area contributed by atoms with Crippen LogP contribution in [0.2, 0.25) is 5.02 Å². The van der Waals surface area contributed by atoms with Crippen molar-refractivity contribution in [2.24, 2.45) is 0 Å². The van der Waals surface area contributed by atoms with Crippen molar-refractivity contribution in [1.29, 1.82) is 0 Å². The van der Waals surface area contributed by atoms with Gasteiger partial charge < -0.3 is 14.6 Å². The van der Waals surface area contributed by atoms with E-state index in [1.165, 1.54) is 11.3 Å². The number of carbonyl (C=O) groups is 3. The molecule has 1 N–H and O–H groups in total. The van der Waals surface area contributed by atoms with Crippen LogP contribution in [0, 0.1) is 0 Å². The maximum absolute atomic E-state index is 13.6. The number of anilines is 1. The van der Waals surface area contributed by atoms with E-state index in [1.807, 2.05) is 29.6 Å². The molecule has 1 aliphatic heterocycles. The van der Waals surface area contributed by atoms with E-state index in [4.69, 9.17) is 11.6 Å². The molecule has 1 atom stereocenters. The zero-order chi connectivity index (χ0) is 26.9. The number of aromatic nitrogens is 4. The van der Waals surface area contributed by atoms with Crippen molar-refractivity contribution in [1.82, 2.24) is 24.3 Å². The van der Waals surface area contributed by atoms with Gasteiger partial charge in [0.05, 0.1) is 34.0 Å². The Hall–Kier alpha value is -4.41. The van der Waals surface area contributed by atoms with Crippen LogP contribution in [0.4, 0.5) is 5.82 Å². The van der Waals surface area contributed by atoms with Crippen LogP contribution in [0.3, 0.4) is 0 Å². The van der Waals surface area contributed by atoms with Crippen molar-refractivity contribution in [2.45, 2.75) is 25.4 Å². The van der Waals surface area contributed by atoms with Gasteiger partial charge in [-0.15, -0.1) is 11.3 Å². The highest BCUT2D eigenvalue weighted by molar-refractivity contribution is 7.12. The summed E-state index contributed by atoms with van der Waals surface area (Å²) < 4.78 is 1.74. The van der Waals surface area contributed by atoms with E-state index in [9.17, 15) is 14.4 Å². The molecule has 6 rings (SSSR count). The number of halogens is 1. The smallest absolute Gasteiger partial charge is 0.265 e. The number of nitrogens with one attached hydrogen (secondary N) is 1. The lowest BCUT2D eigenvalue weighted by Gasteiger charge is -2.29. The highest BCUT2D eigenvalue weighted by Crippen LogP contribution is 2.29. The lowest BCUT2D eigenvalue weighted by atomic mass is 10.0. The van der Waals surface area contributed by atoms with E-state index < -0.39 is 11.9 Å². The van der Waals surface area contributed by atoms with Gasteiger partial charge in [0.25, 0.3) is 11.8 Å². The first-order chi connectivity index (χ1) is 19.0. The summed E-state index contributed by atoms with van der Waals surface area (Å²) in [5.41, 5.74) is 3.07. The molecule has 194 valence electrons. The standard InChI is InChI=1S/C28H21ClN6O3S/c29-21-11-17(4-5-20(21)27(37)33-26-23-14-30-16-34(23)9-8-32-26)15-35-22(13-19-3-1-2-7-31-19)24(36)12-18-6-10-39-25(18)28(35)38/h1-11,14,16,22H,12-13,15H2,(H,32,33,37). The number of fused-ring (bicyclic) bond motifs is 2. The molecule has 4 aromatic heterocycles. The van der Waals surface area contributed by atoms with Gasteiger partial charge in [-0.05, 0) is 46.8 Å². The normalized spacial score (nSPS) is 15.3. The predicted octanol–water partition coefficient (Wildman–Crippen LogP) is 4.47. The molecule has 0 saturated carbocycles. The Morgan fingerprint density at radius 3 is 2.85 bits per heavy atom. The van der Waals surface area contributed by atoms with Gasteiger partial charge in [-0.3, -0.25) is 19.4 Å². The molecule has 1 aromatic carbocycles. The highest BCUT2D eigenvalue weighted by Gasteiger charge is 2.36. The molecular formula is C28H21ClN6O3S. The van der Waals surface area contributed by atoms with Crippen LogP contribution in [0.5, 0.6) is 0 Å². The number of pyridine rings is 1. The Kier molecular flexibility index (Phi) is 6.64. The number of amides is 2. The average molecular weight is 557 g/mol. The van der Waals surface area contributed by atoms with Gasteiger partial charge in [0, 0.05) is 43.7 Å². The topological polar surface area (TPSA) is 110 Å². The van der Waals surface area contributed by atoms with Crippen LogP contribution >= 0.6 is 22.9 Å². The molecule has 5 aromatic rings. The van der Waals surface area contributed by atoms with E-state index in [1.54, 1.807) is 58.6 Å². The minimum atomic E-state index is -0.684. The van der Waals surface area contributed by atoms with Gasteiger partial charge >= 0.3 is 0 Å². The Bertz CT molecular complexity index is 1720. The molecule has 0 spiro atoms. The monoisotopic (exact) mass is 556 g/mol. The number of thiophene rings is 1. The van der Waals surface area contributed by atoms with Crippen LogP contribution in [-0.2, 0) is 24.2 Å². The summed E-state index contributed by atoms with van der Waals surface area (Å²) in [5.74, 6) is -0.317. The summed E-state index contributed by atoms with van der Waals surface area (Å²) in [7, 11) is 0. The summed E-state index contributed by atoms with van der Waals surface area (Å²) in [5, 5.41) is 4.83. The van der Waals surface area contributed by atoms with E-state index >= 15 is 0 Å². The number of Topliss-reactive ketones (excluding diaryl/α,β-unsaturated/α-hetero) is 1. The first-order valence-electron chi connectivity index (χ1n) is 12.1. The van der Waals surface area contributed by atoms with Crippen molar-refractivity contribution >= 4 is 51.9 Å². The van der Waals surface area contributed by atoms with Crippen molar-refractivity contribution in [3.63, 3.8) is 0 Å². The second-order valence-electron chi connectivity index (χ2n) is 9.12. The summed E-state index contributed by atoms with van der Waals surface area (Å²) in [4.78, 5) is 54.9. The molecular weight excluding hydrogens is 536 g/mol. The summed E-state index contributed by atoms with van der Waals surface area (Å²) in [6, 6.07) is 11.7. The van der Waals surface area contributed by atoms with Gasteiger partial charge in [0.15, 0.2) is 11.6 Å². The second-order valence-corrected chi connectivity index (χ2v) is 10.4. The number of rotatable bonds is 6. The Labute approximate surface area is 232 Å². The SMILES string of the molecule is O=C(Nc1nccn2cncc12)c1ccc(CN2C(=O)c3sccc3CC(=O)C2Cc2ccccn2)cc1Cl. The van der Waals surface area contributed by atoms with E-state index in [0.29, 0.717) is 28.2 Å². The quantitative estimate of drug-likeness (QED) is 0.330. The van der Waals surface area contributed by atoms with Crippen LogP contribution in [0.25, 0.3) is 5.52 Å². The molecule has 1 unspecified atom stereocenters. The average Bonchev–Trinajstić information content (AvgIpc) is 3.59. The van der Waals surface area contributed by atoms with Crippen LogP contribution in [0.1, 0.15) is 36.9 Å². The maximum Gasteiger partial charge on any atom is 0.265 e. The molecule has 11 heteroatoms. The lowest BCUT2D eigenvalue weighted by Crippen LogP contribution is -2.44. The Morgan fingerprint density at radius 2 is 2.03 bits per heavy atom. The first kappa shape index (κ1) is 24.9. The molecule has 0 saturated heterocycles. The fraction of sp³-hybridized carbons (Fsp3) is 0.143. The van der Waals surface area contributed by atoms with Crippen molar-refractivity contribution < 1.29 is 14.4 Å². The minimum Gasteiger partial charge on any atom is -0.323 e. The van der Waals surface area contributed by atoms with E-state index in [2.05, 4.69) is 20.3 Å². The Morgan fingerprint density at radius 1 is 1.13 bits per heavy atom. The van der Waals surface area contributed by atoms with Crippen LogP contribution in [-0.4, -0.2) is 47.9 Å².